The Morgan fingerprint density at radius 1 is 0.490 bits per heavy atom. The quantitative estimate of drug-likeness (QED) is 0.174. The number of hydrogen-bond donors (Lipinski definition) is 0. The zero-order chi connectivity index (χ0) is 33.8. The van der Waals surface area contributed by atoms with Crippen LogP contribution in [0.15, 0.2) is 158 Å². The van der Waals surface area contributed by atoms with Crippen LogP contribution in [-0.4, -0.2) is 4.98 Å². The van der Waals surface area contributed by atoms with Crippen molar-refractivity contribution in [3.8, 4) is 11.1 Å². The minimum Gasteiger partial charge on any atom is -0.310 e. The number of anilines is 3. The first-order valence-electron chi connectivity index (χ1n) is 17.6. The van der Waals surface area contributed by atoms with Crippen LogP contribution in [-0.2, 0) is 5.41 Å². The van der Waals surface area contributed by atoms with Gasteiger partial charge in [-0.1, -0.05) is 123 Å². The molecule has 0 N–H and O–H groups in total. The van der Waals surface area contributed by atoms with E-state index >= 15 is 0 Å². The summed E-state index contributed by atoms with van der Waals surface area (Å²) >= 11 is 1.92. The van der Waals surface area contributed by atoms with Gasteiger partial charge in [-0.2, -0.15) is 0 Å². The Bertz CT molecular complexity index is 3040. The molecule has 0 amide bonds. The van der Waals surface area contributed by atoms with E-state index in [-0.39, 0.29) is 5.41 Å². The van der Waals surface area contributed by atoms with Crippen LogP contribution < -0.4 is 4.90 Å². The molecule has 3 heteroatoms. The molecule has 2 heterocycles. The fraction of sp³-hybridized carbons (Fsp3) is 0.0625. The van der Waals surface area contributed by atoms with Gasteiger partial charge >= 0.3 is 0 Å². The molecule has 1 aliphatic carbocycles. The van der Waals surface area contributed by atoms with Crippen LogP contribution >= 0.6 is 11.3 Å². The molecule has 10 aromatic rings. The van der Waals surface area contributed by atoms with Gasteiger partial charge in [-0.15, -0.1) is 11.3 Å². The van der Waals surface area contributed by atoms with Crippen molar-refractivity contribution in [2.24, 2.45) is 0 Å². The van der Waals surface area contributed by atoms with E-state index in [1.807, 2.05) is 17.5 Å². The van der Waals surface area contributed by atoms with E-state index in [9.17, 15) is 0 Å². The van der Waals surface area contributed by atoms with Gasteiger partial charge in [0.05, 0.1) is 11.2 Å². The monoisotopic (exact) mass is 668 g/mol. The zero-order valence-electron chi connectivity index (χ0n) is 28.3. The molecule has 0 bridgehead atoms. The second-order valence-electron chi connectivity index (χ2n) is 14.3. The lowest BCUT2D eigenvalue weighted by Gasteiger charge is -2.28. The highest BCUT2D eigenvalue weighted by atomic mass is 32.1. The third kappa shape index (κ3) is 4.01. The minimum atomic E-state index is -0.106. The molecular weight excluding hydrogens is 637 g/mol. The highest BCUT2D eigenvalue weighted by molar-refractivity contribution is 7.26. The van der Waals surface area contributed by atoms with Crippen LogP contribution in [0, 0.1) is 0 Å². The molecule has 0 saturated carbocycles. The van der Waals surface area contributed by atoms with E-state index in [1.165, 1.54) is 74.7 Å². The SMILES string of the molecule is CC1(C)c2ccc(N(c3ccc4c5ccccc5c5ccccc5c4c3)c3ccnc4ccccc34)cc2-c2c1ccc1c2sc2ccccc21. The van der Waals surface area contributed by atoms with Crippen molar-refractivity contribution in [1.29, 1.82) is 0 Å². The van der Waals surface area contributed by atoms with Gasteiger partial charge < -0.3 is 4.90 Å². The lowest BCUT2D eigenvalue weighted by atomic mass is 9.82. The number of para-hydroxylation sites is 1. The fourth-order valence-electron chi connectivity index (χ4n) is 8.88. The van der Waals surface area contributed by atoms with Crippen LogP contribution in [0.4, 0.5) is 17.1 Å². The number of benzene rings is 8. The molecule has 8 aromatic carbocycles. The number of aromatic nitrogens is 1. The summed E-state index contributed by atoms with van der Waals surface area (Å²) in [5.74, 6) is 0. The highest BCUT2D eigenvalue weighted by Crippen LogP contribution is 2.55. The topological polar surface area (TPSA) is 16.1 Å². The third-order valence-electron chi connectivity index (χ3n) is 11.3. The number of nitrogens with zero attached hydrogens (tertiary/aromatic N) is 2. The van der Waals surface area contributed by atoms with E-state index in [0.29, 0.717) is 0 Å². The van der Waals surface area contributed by atoms with Crippen molar-refractivity contribution in [2.75, 3.05) is 4.90 Å². The largest absolute Gasteiger partial charge is 0.310 e. The second-order valence-corrected chi connectivity index (χ2v) is 15.4. The van der Waals surface area contributed by atoms with E-state index in [0.717, 1.165) is 28.0 Å². The van der Waals surface area contributed by atoms with Gasteiger partial charge in [0.2, 0.25) is 0 Å². The molecule has 0 aliphatic heterocycles. The Morgan fingerprint density at radius 2 is 1.06 bits per heavy atom. The van der Waals surface area contributed by atoms with E-state index < -0.39 is 0 Å². The molecule has 0 spiro atoms. The van der Waals surface area contributed by atoms with E-state index in [1.54, 1.807) is 0 Å². The van der Waals surface area contributed by atoms with E-state index in [4.69, 9.17) is 4.98 Å². The standard InChI is InChI=1S/C48H32N2S/c1-48(2)41-23-20-30(28-40(41)46-42(48)24-22-37-36-15-8-10-18-45(36)51-47(37)46)50(44-25-26-49-43-17-9-7-16-38(43)44)29-19-21-35-33-13-4-3-11-31(33)32-12-5-6-14-34(32)39(35)27-29/h3-28H,1-2H3. The van der Waals surface area contributed by atoms with Crippen LogP contribution in [0.1, 0.15) is 25.0 Å². The van der Waals surface area contributed by atoms with Crippen molar-refractivity contribution in [1.82, 2.24) is 4.98 Å². The van der Waals surface area contributed by atoms with Crippen molar-refractivity contribution in [3.63, 3.8) is 0 Å². The first kappa shape index (κ1) is 28.8. The first-order chi connectivity index (χ1) is 25.1. The normalized spacial score (nSPS) is 13.5. The first-order valence-corrected chi connectivity index (χ1v) is 18.4. The lowest BCUT2D eigenvalue weighted by molar-refractivity contribution is 0.661. The van der Waals surface area contributed by atoms with Crippen molar-refractivity contribution >= 4 is 91.8 Å². The summed E-state index contributed by atoms with van der Waals surface area (Å²) in [5, 5.41) is 11.4. The molecule has 51 heavy (non-hydrogen) atoms. The van der Waals surface area contributed by atoms with Gasteiger partial charge in [-0.05, 0) is 91.5 Å². The molecule has 0 radical (unpaired) electrons. The predicted octanol–water partition coefficient (Wildman–Crippen LogP) is 13.8. The molecule has 2 aromatic heterocycles. The van der Waals surface area contributed by atoms with Crippen LogP contribution in [0.3, 0.4) is 0 Å². The summed E-state index contributed by atoms with van der Waals surface area (Å²) in [6.07, 6.45) is 1.95. The fourth-order valence-corrected chi connectivity index (χ4v) is 10.1. The summed E-state index contributed by atoms with van der Waals surface area (Å²) in [4.78, 5) is 7.22. The van der Waals surface area contributed by atoms with Gasteiger partial charge in [0.1, 0.15) is 0 Å². The molecule has 2 nitrogen and oxygen atoms in total. The van der Waals surface area contributed by atoms with Gasteiger partial charge in [0.15, 0.2) is 0 Å². The summed E-state index contributed by atoms with van der Waals surface area (Å²) < 4.78 is 2.71. The van der Waals surface area contributed by atoms with Gasteiger partial charge in [-0.25, -0.2) is 0 Å². The maximum Gasteiger partial charge on any atom is 0.0723 e. The van der Waals surface area contributed by atoms with Crippen LogP contribution in [0.5, 0.6) is 0 Å². The maximum atomic E-state index is 4.77. The summed E-state index contributed by atoms with van der Waals surface area (Å²) in [6.45, 7) is 4.76. The summed E-state index contributed by atoms with van der Waals surface area (Å²) in [7, 11) is 0. The second kappa shape index (κ2) is 10.5. The van der Waals surface area contributed by atoms with Crippen molar-refractivity contribution in [3.05, 3.63) is 169 Å². The van der Waals surface area contributed by atoms with Gasteiger partial charge in [0, 0.05) is 54.1 Å². The average Bonchev–Trinajstić information content (AvgIpc) is 3.67. The predicted molar refractivity (Wildman–Crippen MR) is 219 cm³/mol. The molecule has 0 saturated heterocycles. The molecule has 0 unspecified atom stereocenters. The van der Waals surface area contributed by atoms with Crippen molar-refractivity contribution < 1.29 is 0 Å². The Balaban J connectivity index is 1.21. The molecule has 0 atom stereocenters. The highest BCUT2D eigenvalue weighted by Gasteiger charge is 2.37. The average molecular weight is 669 g/mol. The Morgan fingerprint density at radius 3 is 1.82 bits per heavy atom. The third-order valence-corrected chi connectivity index (χ3v) is 12.5. The minimum absolute atomic E-state index is 0.106. The zero-order valence-corrected chi connectivity index (χ0v) is 29.1. The molecule has 240 valence electrons. The number of hydrogen-bond acceptors (Lipinski definition) is 3. The lowest BCUT2D eigenvalue weighted by Crippen LogP contribution is -2.15. The molecule has 1 aliphatic rings. The molecule has 0 fully saturated rings. The Kier molecular flexibility index (Phi) is 5.92. The molecule has 11 rings (SSSR count). The van der Waals surface area contributed by atoms with Gasteiger partial charge in [0.25, 0.3) is 0 Å². The van der Waals surface area contributed by atoms with Crippen LogP contribution in [0.2, 0.25) is 0 Å². The van der Waals surface area contributed by atoms with Crippen molar-refractivity contribution in [2.45, 2.75) is 19.3 Å². The number of thiophene rings is 1. The smallest absolute Gasteiger partial charge is 0.0723 e. The van der Waals surface area contributed by atoms with E-state index in [2.05, 4.69) is 170 Å². The van der Waals surface area contributed by atoms with Crippen LogP contribution in [0.25, 0.3) is 74.5 Å². The van der Waals surface area contributed by atoms with Gasteiger partial charge in [-0.3, -0.25) is 4.98 Å². The number of fused-ring (bicyclic) bond motifs is 14. The summed E-state index contributed by atoms with van der Waals surface area (Å²) in [5.41, 5.74) is 9.73. The Labute approximate surface area is 299 Å². The summed E-state index contributed by atoms with van der Waals surface area (Å²) in [6, 6.07) is 56.0. The Hall–Kier alpha value is -6.03. The maximum absolute atomic E-state index is 4.77. The number of rotatable bonds is 3. The molecular formula is C48H32N2S. The number of pyridine rings is 1.